The Labute approximate surface area is 271 Å². The van der Waals surface area contributed by atoms with Gasteiger partial charge in [0.25, 0.3) is 0 Å². The fraction of sp³-hybridized carbons (Fsp3) is 0.0732. The molecule has 3 aliphatic rings. The molecule has 0 atom stereocenters. The Balaban J connectivity index is 0.000000168. The summed E-state index contributed by atoms with van der Waals surface area (Å²) in [7, 11) is 0. The number of benzene rings is 6. The Morgan fingerprint density at radius 2 is 1.00 bits per heavy atom. The van der Waals surface area contributed by atoms with Gasteiger partial charge in [0.15, 0.2) is 11.6 Å². The predicted molar refractivity (Wildman–Crippen MR) is 183 cm³/mol. The van der Waals surface area contributed by atoms with Crippen LogP contribution < -0.4 is 0 Å². The summed E-state index contributed by atoms with van der Waals surface area (Å²) in [5.74, 6) is 0.299. The molecule has 1 aliphatic carbocycles. The van der Waals surface area contributed by atoms with Crippen LogP contribution in [-0.2, 0) is 12.8 Å². The van der Waals surface area contributed by atoms with Crippen LogP contribution >= 0.6 is 23.5 Å². The largest absolute Gasteiger partial charge is 0.289 e. The Morgan fingerprint density at radius 1 is 0.511 bits per heavy atom. The van der Waals surface area contributed by atoms with E-state index in [1.165, 1.54) is 30.7 Å². The lowest BCUT2D eigenvalue weighted by molar-refractivity contribution is 0.103. The summed E-state index contributed by atoms with van der Waals surface area (Å²) in [6.45, 7) is 2.01. The van der Waals surface area contributed by atoms with E-state index < -0.39 is 0 Å². The highest BCUT2D eigenvalue weighted by Crippen LogP contribution is 2.44. The van der Waals surface area contributed by atoms with E-state index in [-0.39, 0.29) is 11.6 Å². The van der Waals surface area contributed by atoms with E-state index in [0.717, 1.165) is 62.9 Å². The number of ketones is 2. The minimum atomic E-state index is 0.142. The first kappa shape index (κ1) is 27.9. The van der Waals surface area contributed by atoms with Crippen LogP contribution in [0.2, 0.25) is 0 Å². The van der Waals surface area contributed by atoms with Gasteiger partial charge >= 0.3 is 0 Å². The van der Waals surface area contributed by atoms with Crippen molar-refractivity contribution in [1.29, 1.82) is 0 Å². The first-order valence-corrected chi connectivity index (χ1v) is 16.7. The molecule has 0 unspecified atom stereocenters. The van der Waals surface area contributed by atoms with E-state index in [4.69, 9.17) is 0 Å². The van der Waals surface area contributed by atoms with Gasteiger partial charge in [-0.1, -0.05) is 126 Å². The van der Waals surface area contributed by atoms with Gasteiger partial charge in [0, 0.05) is 54.7 Å². The molecule has 9 rings (SSSR count). The number of carbonyl (C=O) groups is 2. The monoisotopic (exact) mass is 616 g/mol. The molecule has 0 N–H and O–H groups in total. The maximum atomic E-state index is 13.8. The lowest BCUT2D eigenvalue weighted by atomic mass is 9.90. The van der Waals surface area contributed by atoms with Crippen molar-refractivity contribution < 1.29 is 9.59 Å². The van der Waals surface area contributed by atoms with Crippen LogP contribution in [0, 0.1) is 6.92 Å². The Hall–Kier alpha value is -4.64. The third kappa shape index (κ3) is 4.95. The van der Waals surface area contributed by atoms with Crippen molar-refractivity contribution in [2.45, 2.75) is 39.3 Å². The standard InChI is InChI=1S/C27H18OS2.C14H10O/c28-27(19-9-5-13-25-21(19)15-17-7-1-3-11-23(17)29-25)20-10-6-14-26-22(20)16-18-8-2-4-12-24(18)30-26;1-9-6-7-11-10-4-2-3-5-12(10)14(15)13(11)8-9/h1-14H,15-16H2;2-8H,1H3. The van der Waals surface area contributed by atoms with Crippen LogP contribution in [0.1, 0.15) is 59.7 Å². The average Bonchev–Trinajstić information content (AvgIpc) is 3.36. The molecule has 0 bridgehead atoms. The molecule has 2 aliphatic heterocycles. The highest BCUT2D eigenvalue weighted by Gasteiger charge is 2.27. The third-order valence-electron chi connectivity index (χ3n) is 8.76. The van der Waals surface area contributed by atoms with E-state index in [2.05, 4.69) is 60.7 Å². The van der Waals surface area contributed by atoms with E-state index in [1.54, 1.807) is 23.5 Å². The number of carbonyl (C=O) groups excluding carboxylic acids is 2. The quantitative estimate of drug-likeness (QED) is 0.181. The lowest BCUT2D eigenvalue weighted by Crippen LogP contribution is -2.13. The zero-order valence-corrected chi connectivity index (χ0v) is 26.3. The topological polar surface area (TPSA) is 34.1 Å². The summed E-state index contributed by atoms with van der Waals surface area (Å²) in [4.78, 5) is 30.8. The number of fused-ring (bicyclic) bond motifs is 7. The van der Waals surface area contributed by atoms with Gasteiger partial charge in [-0.15, -0.1) is 0 Å². The van der Waals surface area contributed by atoms with Crippen LogP contribution in [-0.4, -0.2) is 11.6 Å². The molecule has 2 nitrogen and oxygen atoms in total. The minimum absolute atomic E-state index is 0.142. The Kier molecular flexibility index (Phi) is 7.05. The summed E-state index contributed by atoms with van der Waals surface area (Å²) >= 11 is 3.54. The van der Waals surface area contributed by atoms with Crippen LogP contribution in [0.3, 0.4) is 0 Å². The molecule has 45 heavy (non-hydrogen) atoms. The van der Waals surface area contributed by atoms with Crippen molar-refractivity contribution in [1.82, 2.24) is 0 Å². The highest BCUT2D eigenvalue weighted by molar-refractivity contribution is 7.99. The Bertz CT molecular complexity index is 2080. The smallest absolute Gasteiger partial charge is 0.194 e. The van der Waals surface area contributed by atoms with Crippen molar-refractivity contribution in [2.24, 2.45) is 0 Å². The first-order chi connectivity index (χ1) is 22.0. The van der Waals surface area contributed by atoms with Crippen LogP contribution in [0.15, 0.2) is 147 Å². The van der Waals surface area contributed by atoms with Gasteiger partial charge in [0.1, 0.15) is 0 Å². The van der Waals surface area contributed by atoms with Crippen LogP contribution in [0.25, 0.3) is 11.1 Å². The van der Waals surface area contributed by atoms with Gasteiger partial charge in [-0.25, -0.2) is 0 Å². The molecule has 0 spiro atoms. The summed E-state index contributed by atoms with van der Waals surface area (Å²) in [5.41, 5.74) is 11.5. The van der Waals surface area contributed by atoms with Crippen molar-refractivity contribution in [3.63, 3.8) is 0 Å². The second kappa shape index (κ2) is 11.4. The van der Waals surface area contributed by atoms with Crippen LogP contribution in [0.5, 0.6) is 0 Å². The SMILES string of the molecule is Cc1ccc2c(c1)C(=O)c1ccccc1-2.O=C(c1cccc2c1Cc1ccccc1S2)c1cccc2c1Cc1ccccc1S2. The fourth-order valence-electron chi connectivity index (χ4n) is 6.52. The summed E-state index contributed by atoms with van der Waals surface area (Å²) < 4.78 is 0. The maximum Gasteiger partial charge on any atom is 0.194 e. The molecule has 216 valence electrons. The van der Waals surface area contributed by atoms with E-state index in [1.807, 2.05) is 73.7 Å². The summed E-state index contributed by atoms with van der Waals surface area (Å²) in [5, 5.41) is 0. The average molecular weight is 617 g/mol. The van der Waals surface area contributed by atoms with E-state index in [0.29, 0.717) is 0 Å². The number of hydrogen-bond acceptors (Lipinski definition) is 4. The van der Waals surface area contributed by atoms with Gasteiger partial charge in [0.05, 0.1) is 0 Å². The molecule has 2 heterocycles. The molecule has 6 aromatic rings. The number of rotatable bonds is 2. The van der Waals surface area contributed by atoms with Gasteiger partial charge in [-0.05, 0) is 70.6 Å². The van der Waals surface area contributed by atoms with Gasteiger partial charge in [0.2, 0.25) is 0 Å². The summed E-state index contributed by atoms with van der Waals surface area (Å²) in [6.07, 6.45) is 1.63. The van der Waals surface area contributed by atoms with Crippen LogP contribution in [0.4, 0.5) is 0 Å². The molecule has 0 fully saturated rings. The predicted octanol–water partition coefficient (Wildman–Crippen LogP) is 10.2. The molecular weight excluding hydrogens is 589 g/mol. The fourth-order valence-corrected chi connectivity index (χ4v) is 8.73. The molecule has 0 saturated carbocycles. The van der Waals surface area contributed by atoms with Crippen molar-refractivity contribution in [3.05, 3.63) is 177 Å². The van der Waals surface area contributed by atoms with E-state index in [9.17, 15) is 9.59 Å². The first-order valence-electron chi connectivity index (χ1n) is 15.1. The van der Waals surface area contributed by atoms with Crippen molar-refractivity contribution in [3.8, 4) is 11.1 Å². The Morgan fingerprint density at radius 3 is 1.60 bits per heavy atom. The molecule has 0 radical (unpaired) electrons. The van der Waals surface area contributed by atoms with Gasteiger partial charge < -0.3 is 0 Å². The lowest BCUT2D eigenvalue weighted by Gasteiger charge is -2.23. The second-order valence-corrected chi connectivity index (χ2v) is 13.8. The molecule has 0 amide bonds. The zero-order valence-electron chi connectivity index (χ0n) is 24.7. The molecule has 4 heteroatoms. The molecule has 6 aromatic carbocycles. The molecule has 0 aromatic heterocycles. The van der Waals surface area contributed by atoms with Crippen molar-refractivity contribution in [2.75, 3.05) is 0 Å². The maximum absolute atomic E-state index is 13.8. The zero-order chi connectivity index (χ0) is 30.5. The van der Waals surface area contributed by atoms with Crippen molar-refractivity contribution >= 4 is 35.1 Å². The minimum Gasteiger partial charge on any atom is -0.289 e. The highest BCUT2D eigenvalue weighted by atomic mass is 32.2. The van der Waals surface area contributed by atoms with E-state index >= 15 is 0 Å². The van der Waals surface area contributed by atoms with Gasteiger partial charge in [-0.2, -0.15) is 0 Å². The molecule has 0 saturated heterocycles. The number of aryl methyl sites for hydroxylation is 1. The third-order valence-corrected chi connectivity index (χ3v) is 11.2. The number of hydrogen-bond donors (Lipinski definition) is 0. The van der Waals surface area contributed by atoms with Gasteiger partial charge in [-0.3, -0.25) is 9.59 Å². The second-order valence-electron chi connectivity index (χ2n) is 11.6. The summed E-state index contributed by atoms with van der Waals surface area (Å²) in [6, 6.07) is 43.2. The molecular formula is C41H28O2S2. The normalized spacial score (nSPS) is 13.2.